The second kappa shape index (κ2) is 7.82. The van der Waals surface area contributed by atoms with E-state index in [4.69, 9.17) is 4.74 Å². The van der Waals surface area contributed by atoms with Crippen LogP contribution in [0.25, 0.3) is 11.3 Å². The Balaban J connectivity index is 1.74. The molecule has 1 N–H and O–H groups in total. The molecule has 0 aliphatic carbocycles. The van der Waals surface area contributed by atoms with E-state index in [9.17, 15) is 8.42 Å². The van der Waals surface area contributed by atoms with Crippen molar-refractivity contribution in [3.8, 4) is 11.3 Å². The fraction of sp³-hybridized carbons (Fsp3) is 0.471. The summed E-state index contributed by atoms with van der Waals surface area (Å²) in [5.74, 6) is 0.553. The summed E-state index contributed by atoms with van der Waals surface area (Å²) in [4.78, 5) is 4.88. The molecule has 1 aromatic carbocycles. The lowest BCUT2D eigenvalue weighted by Crippen LogP contribution is -2.40. The number of nitrogens with one attached hydrogen (secondary N) is 1. The first kappa shape index (κ1) is 18.3. The SMILES string of the molecule is CC(C)CNc1nc(-c2ccc(S(=O)(=O)N3CCOCC3)cc2)cs1. The molecule has 1 saturated heterocycles. The van der Waals surface area contributed by atoms with Gasteiger partial charge < -0.3 is 10.1 Å². The maximum absolute atomic E-state index is 12.6. The Morgan fingerprint density at radius 2 is 1.92 bits per heavy atom. The molecule has 2 heterocycles. The van der Waals surface area contributed by atoms with Gasteiger partial charge in [-0.2, -0.15) is 4.31 Å². The van der Waals surface area contributed by atoms with Gasteiger partial charge in [-0.1, -0.05) is 26.0 Å². The van der Waals surface area contributed by atoms with Crippen molar-refractivity contribution in [2.24, 2.45) is 5.92 Å². The largest absolute Gasteiger partial charge is 0.379 e. The Kier molecular flexibility index (Phi) is 5.73. The summed E-state index contributed by atoms with van der Waals surface area (Å²) in [7, 11) is -3.45. The Morgan fingerprint density at radius 1 is 1.24 bits per heavy atom. The molecule has 0 bridgehead atoms. The minimum absolute atomic E-state index is 0.312. The van der Waals surface area contributed by atoms with Gasteiger partial charge in [0.25, 0.3) is 0 Å². The molecule has 0 saturated carbocycles. The van der Waals surface area contributed by atoms with Gasteiger partial charge in [-0.15, -0.1) is 11.3 Å². The number of anilines is 1. The van der Waals surface area contributed by atoms with Gasteiger partial charge in [0.1, 0.15) is 0 Å². The predicted molar refractivity (Wildman–Crippen MR) is 100 cm³/mol. The van der Waals surface area contributed by atoms with Gasteiger partial charge in [-0.25, -0.2) is 13.4 Å². The van der Waals surface area contributed by atoms with E-state index in [2.05, 4.69) is 24.1 Å². The molecule has 0 spiro atoms. The van der Waals surface area contributed by atoms with Crippen LogP contribution in [0.4, 0.5) is 5.13 Å². The standard InChI is InChI=1S/C17H23N3O3S2/c1-13(2)11-18-17-19-16(12-24-17)14-3-5-15(6-4-14)25(21,22)20-7-9-23-10-8-20/h3-6,12-13H,7-11H2,1-2H3,(H,18,19). The molecule has 8 heteroatoms. The number of benzene rings is 1. The first-order valence-corrected chi connectivity index (χ1v) is 10.7. The number of ether oxygens (including phenoxy) is 1. The number of morpholine rings is 1. The van der Waals surface area contributed by atoms with E-state index in [1.807, 2.05) is 17.5 Å². The fourth-order valence-electron chi connectivity index (χ4n) is 2.51. The van der Waals surface area contributed by atoms with Gasteiger partial charge in [0, 0.05) is 30.6 Å². The number of aromatic nitrogens is 1. The minimum Gasteiger partial charge on any atom is -0.379 e. The zero-order valence-electron chi connectivity index (χ0n) is 14.4. The molecular formula is C17H23N3O3S2. The summed E-state index contributed by atoms with van der Waals surface area (Å²) >= 11 is 1.56. The second-order valence-corrected chi connectivity index (χ2v) is 9.15. The van der Waals surface area contributed by atoms with Crippen LogP contribution in [-0.2, 0) is 14.8 Å². The third-order valence-corrected chi connectivity index (χ3v) is 6.64. The van der Waals surface area contributed by atoms with E-state index in [0.29, 0.717) is 37.1 Å². The van der Waals surface area contributed by atoms with E-state index < -0.39 is 10.0 Å². The van der Waals surface area contributed by atoms with Gasteiger partial charge in [0.15, 0.2) is 5.13 Å². The van der Waals surface area contributed by atoms with E-state index in [-0.39, 0.29) is 0 Å². The number of hydrogen-bond acceptors (Lipinski definition) is 6. The quantitative estimate of drug-likeness (QED) is 0.833. The molecule has 1 fully saturated rings. The summed E-state index contributed by atoms with van der Waals surface area (Å²) in [6.07, 6.45) is 0. The molecule has 6 nitrogen and oxygen atoms in total. The molecule has 0 radical (unpaired) electrons. The number of sulfonamides is 1. The Morgan fingerprint density at radius 3 is 2.56 bits per heavy atom. The topological polar surface area (TPSA) is 71.5 Å². The van der Waals surface area contributed by atoms with Gasteiger partial charge in [-0.3, -0.25) is 0 Å². The number of hydrogen-bond donors (Lipinski definition) is 1. The van der Waals surface area contributed by atoms with Gasteiger partial charge in [0.05, 0.1) is 23.8 Å². The van der Waals surface area contributed by atoms with Crippen LogP contribution in [0.5, 0.6) is 0 Å². The highest BCUT2D eigenvalue weighted by molar-refractivity contribution is 7.89. The first-order chi connectivity index (χ1) is 12.0. The number of rotatable bonds is 6. The van der Waals surface area contributed by atoms with E-state index in [1.165, 1.54) is 4.31 Å². The number of thiazole rings is 1. The predicted octanol–water partition coefficient (Wildman–Crippen LogP) is 2.90. The van der Waals surface area contributed by atoms with Crippen molar-refractivity contribution < 1.29 is 13.2 Å². The van der Waals surface area contributed by atoms with Crippen molar-refractivity contribution in [3.63, 3.8) is 0 Å². The normalized spacial score (nSPS) is 16.3. The summed E-state index contributed by atoms with van der Waals surface area (Å²) in [5.41, 5.74) is 1.77. The fourth-order valence-corrected chi connectivity index (χ4v) is 4.65. The minimum atomic E-state index is -3.45. The molecule has 3 rings (SSSR count). The van der Waals surface area contributed by atoms with Crippen LogP contribution in [0.15, 0.2) is 34.5 Å². The highest BCUT2D eigenvalue weighted by Crippen LogP contribution is 2.27. The van der Waals surface area contributed by atoms with Crippen molar-refractivity contribution in [3.05, 3.63) is 29.6 Å². The first-order valence-electron chi connectivity index (χ1n) is 8.34. The molecule has 1 aliphatic rings. The average molecular weight is 382 g/mol. The van der Waals surface area contributed by atoms with Crippen LogP contribution in [0.3, 0.4) is 0 Å². The lowest BCUT2D eigenvalue weighted by molar-refractivity contribution is 0.0730. The van der Waals surface area contributed by atoms with E-state index in [1.54, 1.807) is 23.5 Å². The van der Waals surface area contributed by atoms with Crippen molar-refractivity contribution >= 4 is 26.5 Å². The Hall–Kier alpha value is -1.48. The van der Waals surface area contributed by atoms with Crippen LogP contribution in [-0.4, -0.2) is 50.6 Å². The molecule has 2 aromatic rings. The molecule has 0 atom stereocenters. The molecular weight excluding hydrogens is 358 g/mol. The molecule has 136 valence electrons. The summed E-state index contributed by atoms with van der Waals surface area (Å²) < 4.78 is 32.0. The second-order valence-electron chi connectivity index (χ2n) is 6.35. The van der Waals surface area contributed by atoms with Crippen LogP contribution in [0.1, 0.15) is 13.8 Å². The summed E-state index contributed by atoms with van der Waals surface area (Å²) in [6.45, 7) is 6.88. The van der Waals surface area contributed by atoms with Gasteiger partial charge >= 0.3 is 0 Å². The zero-order valence-corrected chi connectivity index (χ0v) is 16.1. The zero-order chi connectivity index (χ0) is 17.9. The smallest absolute Gasteiger partial charge is 0.243 e. The van der Waals surface area contributed by atoms with E-state index in [0.717, 1.165) is 22.9 Å². The third-order valence-electron chi connectivity index (χ3n) is 3.92. The maximum Gasteiger partial charge on any atom is 0.243 e. The molecule has 25 heavy (non-hydrogen) atoms. The highest BCUT2D eigenvalue weighted by atomic mass is 32.2. The Labute approximate surface area is 152 Å². The molecule has 0 unspecified atom stereocenters. The van der Waals surface area contributed by atoms with Crippen molar-refractivity contribution in [2.45, 2.75) is 18.7 Å². The van der Waals surface area contributed by atoms with E-state index >= 15 is 0 Å². The lowest BCUT2D eigenvalue weighted by Gasteiger charge is -2.26. The lowest BCUT2D eigenvalue weighted by atomic mass is 10.2. The van der Waals surface area contributed by atoms with Gasteiger partial charge in [-0.05, 0) is 18.1 Å². The van der Waals surface area contributed by atoms with Crippen LogP contribution < -0.4 is 5.32 Å². The van der Waals surface area contributed by atoms with Gasteiger partial charge in [0.2, 0.25) is 10.0 Å². The molecule has 1 aromatic heterocycles. The van der Waals surface area contributed by atoms with Crippen molar-refractivity contribution in [2.75, 3.05) is 38.2 Å². The molecule has 1 aliphatic heterocycles. The maximum atomic E-state index is 12.6. The monoisotopic (exact) mass is 381 g/mol. The van der Waals surface area contributed by atoms with Crippen LogP contribution >= 0.6 is 11.3 Å². The highest BCUT2D eigenvalue weighted by Gasteiger charge is 2.26. The van der Waals surface area contributed by atoms with Crippen molar-refractivity contribution in [1.29, 1.82) is 0 Å². The summed E-state index contributed by atoms with van der Waals surface area (Å²) in [6, 6.07) is 6.94. The summed E-state index contributed by atoms with van der Waals surface area (Å²) in [5, 5.41) is 6.17. The van der Waals surface area contributed by atoms with Crippen LogP contribution in [0.2, 0.25) is 0 Å². The third kappa shape index (κ3) is 4.38. The average Bonchev–Trinajstić information content (AvgIpc) is 3.10. The number of nitrogens with zero attached hydrogens (tertiary/aromatic N) is 2. The van der Waals surface area contributed by atoms with Crippen LogP contribution in [0, 0.1) is 5.92 Å². The molecule has 0 amide bonds. The Bertz CT molecular complexity index is 795. The van der Waals surface area contributed by atoms with Crippen molar-refractivity contribution in [1.82, 2.24) is 9.29 Å².